The highest BCUT2D eigenvalue weighted by Crippen LogP contribution is 2.19. The van der Waals surface area contributed by atoms with Crippen LogP contribution in [0.5, 0.6) is 0 Å². The number of nitrogens with zero attached hydrogens (tertiary/aromatic N) is 2. The third kappa shape index (κ3) is 4.65. The van der Waals surface area contributed by atoms with Gasteiger partial charge in [-0.25, -0.2) is 0 Å². The maximum atomic E-state index is 4.24. The number of anilines is 1. The minimum atomic E-state index is 0.498. The summed E-state index contributed by atoms with van der Waals surface area (Å²) in [6.45, 7) is 10.8. The SMILES string of the molecule is CCC(C)CN(C)c1ccncc1CNC(C)C. The molecule has 0 radical (unpaired) electrons. The average molecular weight is 249 g/mol. The van der Waals surface area contributed by atoms with Crippen LogP contribution in [0.25, 0.3) is 0 Å². The molecule has 0 saturated heterocycles. The highest BCUT2D eigenvalue weighted by atomic mass is 15.1. The third-order valence-corrected chi connectivity index (χ3v) is 3.27. The molecule has 0 fully saturated rings. The van der Waals surface area contributed by atoms with Gasteiger partial charge in [0.2, 0.25) is 0 Å². The quantitative estimate of drug-likeness (QED) is 0.805. The van der Waals surface area contributed by atoms with Gasteiger partial charge in [0.05, 0.1) is 0 Å². The van der Waals surface area contributed by atoms with Gasteiger partial charge in [-0.15, -0.1) is 0 Å². The highest BCUT2D eigenvalue weighted by Gasteiger charge is 2.10. The number of rotatable bonds is 7. The Morgan fingerprint density at radius 1 is 1.33 bits per heavy atom. The summed E-state index contributed by atoms with van der Waals surface area (Å²) < 4.78 is 0. The molecule has 1 rings (SSSR count). The summed E-state index contributed by atoms with van der Waals surface area (Å²) in [5.41, 5.74) is 2.57. The first kappa shape index (κ1) is 15.0. The van der Waals surface area contributed by atoms with Crippen molar-refractivity contribution < 1.29 is 0 Å². The summed E-state index contributed by atoms with van der Waals surface area (Å²) in [5.74, 6) is 0.717. The molecule has 0 spiro atoms. The van der Waals surface area contributed by atoms with E-state index in [1.54, 1.807) is 0 Å². The van der Waals surface area contributed by atoms with Crippen LogP contribution < -0.4 is 10.2 Å². The maximum absolute atomic E-state index is 4.24. The van der Waals surface area contributed by atoms with Crippen molar-refractivity contribution in [1.82, 2.24) is 10.3 Å². The van der Waals surface area contributed by atoms with Gasteiger partial charge in [0, 0.05) is 49.8 Å². The van der Waals surface area contributed by atoms with E-state index in [0.717, 1.165) is 13.1 Å². The number of hydrogen-bond acceptors (Lipinski definition) is 3. The Bertz CT molecular complexity index is 349. The molecule has 1 unspecified atom stereocenters. The van der Waals surface area contributed by atoms with Gasteiger partial charge in [-0.05, 0) is 12.0 Å². The van der Waals surface area contributed by atoms with Gasteiger partial charge in [0.25, 0.3) is 0 Å². The van der Waals surface area contributed by atoms with E-state index in [4.69, 9.17) is 0 Å². The predicted molar refractivity (Wildman–Crippen MR) is 78.9 cm³/mol. The molecule has 1 aromatic rings. The molecular formula is C15H27N3. The van der Waals surface area contributed by atoms with Crippen molar-refractivity contribution in [2.24, 2.45) is 5.92 Å². The molecular weight excluding hydrogens is 222 g/mol. The summed E-state index contributed by atoms with van der Waals surface area (Å²) in [5, 5.41) is 3.46. The predicted octanol–water partition coefficient (Wildman–Crippen LogP) is 3.06. The zero-order valence-electron chi connectivity index (χ0n) is 12.4. The van der Waals surface area contributed by atoms with Crippen molar-refractivity contribution in [3.63, 3.8) is 0 Å². The molecule has 0 bridgehead atoms. The second kappa shape index (κ2) is 7.37. The van der Waals surface area contributed by atoms with E-state index >= 15 is 0 Å². The van der Waals surface area contributed by atoms with Gasteiger partial charge >= 0.3 is 0 Å². The molecule has 0 aliphatic carbocycles. The first-order chi connectivity index (χ1) is 8.54. The third-order valence-electron chi connectivity index (χ3n) is 3.27. The summed E-state index contributed by atoms with van der Waals surface area (Å²) in [4.78, 5) is 6.58. The van der Waals surface area contributed by atoms with Gasteiger partial charge in [-0.1, -0.05) is 34.1 Å². The molecule has 0 aromatic carbocycles. The lowest BCUT2D eigenvalue weighted by Gasteiger charge is -2.25. The normalized spacial score (nSPS) is 12.8. The smallest absolute Gasteiger partial charge is 0.0440 e. The van der Waals surface area contributed by atoms with Crippen LogP contribution in [0.15, 0.2) is 18.5 Å². The van der Waals surface area contributed by atoms with E-state index in [9.17, 15) is 0 Å². The van der Waals surface area contributed by atoms with Crippen LogP contribution >= 0.6 is 0 Å². The summed E-state index contributed by atoms with van der Waals surface area (Å²) in [6, 6.07) is 2.61. The van der Waals surface area contributed by atoms with Crippen LogP contribution in [0, 0.1) is 5.92 Å². The van der Waals surface area contributed by atoms with Crippen molar-refractivity contribution in [2.45, 2.75) is 46.7 Å². The Morgan fingerprint density at radius 3 is 2.67 bits per heavy atom. The van der Waals surface area contributed by atoms with Crippen LogP contribution in [0.1, 0.15) is 39.7 Å². The van der Waals surface area contributed by atoms with Crippen LogP contribution in [0.2, 0.25) is 0 Å². The number of nitrogens with one attached hydrogen (secondary N) is 1. The van der Waals surface area contributed by atoms with Crippen LogP contribution in [-0.4, -0.2) is 24.6 Å². The number of hydrogen-bond donors (Lipinski definition) is 1. The van der Waals surface area contributed by atoms with E-state index < -0.39 is 0 Å². The Balaban J connectivity index is 2.74. The summed E-state index contributed by atoms with van der Waals surface area (Å²) in [7, 11) is 2.17. The van der Waals surface area contributed by atoms with Crippen molar-refractivity contribution in [1.29, 1.82) is 0 Å². The van der Waals surface area contributed by atoms with E-state index in [1.165, 1.54) is 17.7 Å². The first-order valence-corrected chi connectivity index (χ1v) is 6.92. The summed E-state index contributed by atoms with van der Waals surface area (Å²) >= 11 is 0. The van der Waals surface area contributed by atoms with Crippen LogP contribution in [0.3, 0.4) is 0 Å². The van der Waals surface area contributed by atoms with Gasteiger partial charge in [-0.3, -0.25) is 4.98 Å². The molecule has 3 heteroatoms. The molecule has 102 valence electrons. The van der Waals surface area contributed by atoms with Crippen molar-refractivity contribution in [2.75, 3.05) is 18.5 Å². The zero-order valence-corrected chi connectivity index (χ0v) is 12.4. The van der Waals surface area contributed by atoms with E-state index in [-0.39, 0.29) is 0 Å². The van der Waals surface area contributed by atoms with Crippen LogP contribution in [-0.2, 0) is 6.54 Å². The largest absolute Gasteiger partial charge is 0.374 e. The van der Waals surface area contributed by atoms with Crippen molar-refractivity contribution in [3.05, 3.63) is 24.0 Å². The lowest BCUT2D eigenvalue weighted by atomic mass is 10.1. The second-order valence-corrected chi connectivity index (χ2v) is 5.43. The van der Waals surface area contributed by atoms with E-state index in [0.29, 0.717) is 12.0 Å². The first-order valence-electron chi connectivity index (χ1n) is 6.92. The Kier molecular flexibility index (Phi) is 6.13. The number of aromatic nitrogens is 1. The van der Waals surface area contributed by atoms with E-state index in [1.807, 2.05) is 12.4 Å². The average Bonchev–Trinajstić information content (AvgIpc) is 2.36. The molecule has 1 heterocycles. The zero-order chi connectivity index (χ0) is 13.5. The van der Waals surface area contributed by atoms with Gasteiger partial charge in [0.15, 0.2) is 0 Å². The molecule has 0 aliphatic heterocycles. The second-order valence-electron chi connectivity index (χ2n) is 5.43. The molecule has 18 heavy (non-hydrogen) atoms. The molecule has 0 saturated carbocycles. The number of pyridine rings is 1. The van der Waals surface area contributed by atoms with E-state index in [2.05, 4.69) is 56.0 Å². The Labute approximate surface area is 112 Å². The fourth-order valence-corrected chi connectivity index (χ4v) is 1.94. The maximum Gasteiger partial charge on any atom is 0.0440 e. The molecule has 0 aliphatic rings. The molecule has 1 aromatic heterocycles. The minimum Gasteiger partial charge on any atom is -0.374 e. The highest BCUT2D eigenvalue weighted by molar-refractivity contribution is 5.51. The molecule has 1 N–H and O–H groups in total. The minimum absolute atomic E-state index is 0.498. The fraction of sp³-hybridized carbons (Fsp3) is 0.667. The van der Waals surface area contributed by atoms with Gasteiger partial charge in [0.1, 0.15) is 0 Å². The topological polar surface area (TPSA) is 28.2 Å². The van der Waals surface area contributed by atoms with Crippen LogP contribution in [0.4, 0.5) is 5.69 Å². The summed E-state index contributed by atoms with van der Waals surface area (Å²) in [6.07, 6.45) is 5.06. The lowest BCUT2D eigenvalue weighted by molar-refractivity contribution is 0.555. The lowest BCUT2D eigenvalue weighted by Crippen LogP contribution is -2.27. The van der Waals surface area contributed by atoms with Crippen molar-refractivity contribution in [3.8, 4) is 0 Å². The Hall–Kier alpha value is -1.09. The van der Waals surface area contributed by atoms with Crippen molar-refractivity contribution >= 4 is 5.69 Å². The standard InChI is InChI=1S/C15H27N3/c1-6-13(4)11-18(5)15-7-8-16-9-14(15)10-17-12(2)3/h7-9,12-13,17H,6,10-11H2,1-5H3. The fourth-order valence-electron chi connectivity index (χ4n) is 1.94. The Morgan fingerprint density at radius 2 is 2.06 bits per heavy atom. The van der Waals surface area contributed by atoms with Gasteiger partial charge in [-0.2, -0.15) is 0 Å². The van der Waals surface area contributed by atoms with Gasteiger partial charge < -0.3 is 10.2 Å². The molecule has 1 atom stereocenters. The monoisotopic (exact) mass is 249 g/mol. The molecule has 0 amide bonds. The molecule has 3 nitrogen and oxygen atoms in total.